The molecular formula is C72H133N2O7P. The van der Waals surface area contributed by atoms with Crippen molar-refractivity contribution >= 4 is 19.7 Å². The molecule has 0 aromatic carbocycles. The quantitative estimate of drug-likeness (QED) is 0.0212. The first kappa shape index (κ1) is 79.5. The van der Waals surface area contributed by atoms with Crippen LogP contribution in [-0.2, 0) is 27.9 Å². The number of likely N-dealkylation sites (N-methyl/N-ethyl adjacent to an activating group) is 1. The number of hydrogen-bond acceptors (Lipinski definition) is 7. The Morgan fingerprint density at radius 1 is 0.427 bits per heavy atom. The van der Waals surface area contributed by atoms with Crippen molar-refractivity contribution in [2.45, 2.75) is 335 Å². The first-order valence-corrected chi connectivity index (χ1v) is 36.2. The Morgan fingerprint density at radius 3 is 1.13 bits per heavy atom. The summed E-state index contributed by atoms with van der Waals surface area (Å²) in [6, 6.07) is -0.895. The largest absolute Gasteiger partial charge is 0.756 e. The van der Waals surface area contributed by atoms with Crippen LogP contribution in [0.3, 0.4) is 0 Å². The molecule has 0 rings (SSSR count). The van der Waals surface area contributed by atoms with Gasteiger partial charge in [0.05, 0.1) is 33.8 Å². The van der Waals surface area contributed by atoms with Crippen LogP contribution in [0.1, 0.15) is 323 Å². The van der Waals surface area contributed by atoms with Gasteiger partial charge in [0.1, 0.15) is 19.3 Å². The summed E-state index contributed by atoms with van der Waals surface area (Å²) in [7, 11) is 1.18. The Bertz CT molecular complexity index is 1630. The van der Waals surface area contributed by atoms with E-state index < -0.39 is 26.6 Å². The van der Waals surface area contributed by atoms with Crippen molar-refractivity contribution in [3.63, 3.8) is 0 Å². The lowest BCUT2D eigenvalue weighted by atomic mass is 10.0. The maximum atomic E-state index is 13.6. The lowest BCUT2D eigenvalue weighted by Gasteiger charge is -2.30. The Labute approximate surface area is 508 Å². The molecule has 0 aliphatic carbocycles. The van der Waals surface area contributed by atoms with E-state index in [4.69, 9.17) is 13.8 Å². The van der Waals surface area contributed by atoms with Crippen molar-refractivity contribution in [3.8, 4) is 0 Å². The molecule has 0 aliphatic heterocycles. The van der Waals surface area contributed by atoms with Crippen LogP contribution in [0.4, 0.5) is 0 Å². The summed E-state index contributed by atoms with van der Waals surface area (Å²) in [5.41, 5.74) is 0. The number of carbonyl (C=O) groups excluding carboxylic acids is 2. The minimum absolute atomic E-state index is 0.0250. The van der Waals surface area contributed by atoms with E-state index in [0.29, 0.717) is 17.4 Å². The number of nitrogens with one attached hydrogen (secondary N) is 1. The van der Waals surface area contributed by atoms with Crippen LogP contribution >= 0.6 is 7.82 Å². The van der Waals surface area contributed by atoms with E-state index in [-0.39, 0.29) is 24.9 Å². The van der Waals surface area contributed by atoms with Crippen LogP contribution in [0.25, 0.3) is 0 Å². The fourth-order valence-electron chi connectivity index (χ4n) is 9.97. The number of carbonyl (C=O) groups is 2. The van der Waals surface area contributed by atoms with E-state index in [1.807, 2.05) is 33.3 Å². The van der Waals surface area contributed by atoms with Crippen LogP contribution in [0, 0.1) is 0 Å². The monoisotopic (exact) mass is 1170 g/mol. The summed E-state index contributed by atoms with van der Waals surface area (Å²) in [5.74, 6) is -0.543. The summed E-state index contributed by atoms with van der Waals surface area (Å²) in [5, 5.41) is 3.04. The molecule has 0 radical (unpaired) electrons. The predicted molar refractivity (Wildman–Crippen MR) is 353 cm³/mol. The number of quaternary nitrogens is 1. The molecule has 10 heteroatoms. The second-order valence-electron chi connectivity index (χ2n) is 24.7. The molecule has 0 saturated heterocycles. The molecule has 478 valence electrons. The predicted octanol–water partition coefficient (Wildman–Crippen LogP) is 21.3. The summed E-state index contributed by atoms with van der Waals surface area (Å²) in [6.07, 6.45) is 80.2. The Kier molecular flexibility index (Phi) is 59.6. The first-order chi connectivity index (χ1) is 39.9. The van der Waals surface area contributed by atoms with Gasteiger partial charge < -0.3 is 28.5 Å². The number of phosphoric ester groups is 1. The third-order valence-corrected chi connectivity index (χ3v) is 16.3. The minimum atomic E-state index is -4.71. The van der Waals surface area contributed by atoms with Gasteiger partial charge in [-0.25, -0.2) is 0 Å². The second kappa shape index (κ2) is 61.5. The number of amides is 1. The zero-order chi connectivity index (χ0) is 60.0. The summed E-state index contributed by atoms with van der Waals surface area (Å²) in [4.78, 5) is 40.1. The van der Waals surface area contributed by atoms with Gasteiger partial charge >= 0.3 is 5.97 Å². The number of esters is 1. The molecule has 3 unspecified atom stereocenters. The molecule has 0 aliphatic rings. The lowest BCUT2D eigenvalue weighted by Crippen LogP contribution is -2.47. The van der Waals surface area contributed by atoms with E-state index in [1.54, 1.807) is 0 Å². The van der Waals surface area contributed by atoms with Gasteiger partial charge in [0.25, 0.3) is 7.82 Å². The van der Waals surface area contributed by atoms with Crippen LogP contribution < -0.4 is 10.2 Å². The summed E-state index contributed by atoms with van der Waals surface area (Å²) >= 11 is 0. The van der Waals surface area contributed by atoms with Crippen molar-refractivity contribution in [3.05, 3.63) is 72.9 Å². The third kappa shape index (κ3) is 62.0. The molecule has 0 aromatic heterocycles. The number of allylic oxidation sites excluding steroid dienone is 11. The molecule has 9 nitrogen and oxygen atoms in total. The highest BCUT2D eigenvalue weighted by molar-refractivity contribution is 7.45. The van der Waals surface area contributed by atoms with E-state index in [9.17, 15) is 19.0 Å². The topological polar surface area (TPSA) is 114 Å². The highest BCUT2D eigenvalue weighted by atomic mass is 31.2. The second-order valence-corrected chi connectivity index (χ2v) is 26.1. The minimum Gasteiger partial charge on any atom is -0.756 e. The highest BCUT2D eigenvalue weighted by Gasteiger charge is 2.27. The molecule has 0 spiro atoms. The first-order valence-electron chi connectivity index (χ1n) is 34.7. The van der Waals surface area contributed by atoms with E-state index in [0.717, 1.165) is 89.9 Å². The zero-order valence-corrected chi connectivity index (χ0v) is 55.6. The lowest BCUT2D eigenvalue weighted by molar-refractivity contribution is -0.870. The maximum absolute atomic E-state index is 13.6. The van der Waals surface area contributed by atoms with Crippen molar-refractivity contribution in [1.82, 2.24) is 5.32 Å². The van der Waals surface area contributed by atoms with Gasteiger partial charge in [0, 0.05) is 12.8 Å². The Hall–Kier alpha value is -2.55. The number of nitrogens with zero attached hydrogens (tertiary/aromatic N) is 1. The van der Waals surface area contributed by atoms with Crippen molar-refractivity contribution < 1.29 is 37.3 Å². The number of hydrogen-bond donors (Lipinski definition) is 1. The highest BCUT2D eigenvalue weighted by Crippen LogP contribution is 2.38. The van der Waals surface area contributed by atoms with Gasteiger partial charge in [0.2, 0.25) is 5.91 Å². The van der Waals surface area contributed by atoms with Gasteiger partial charge in [-0.2, -0.15) is 0 Å². The molecule has 1 amide bonds. The molecule has 0 aromatic rings. The van der Waals surface area contributed by atoms with Crippen LogP contribution in [0.15, 0.2) is 72.9 Å². The molecule has 1 N–H and O–H groups in total. The molecule has 3 atom stereocenters. The third-order valence-electron chi connectivity index (χ3n) is 15.4. The summed E-state index contributed by atoms with van der Waals surface area (Å²) in [6.45, 7) is 6.81. The zero-order valence-electron chi connectivity index (χ0n) is 54.7. The van der Waals surface area contributed by atoms with Crippen LogP contribution in [0.2, 0.25) is 0 Å². The molecule has 0 fully saturated rings. The SMILES string of the molecule is CCCCC/C=C\C/C=C\C/C=C\CCCCCCCCCCCCCCCCC(=O)OC(/C=C\CCCCCCCCCCCC)C(COP(=O)([O-])OCC[N+](C)(C)C)NC(=O)CCCCCCCCC/C=C\C/C=C\CCCCC. The van der Waals surface area contributed by atoms with E-state index >= 15 is 0 Å². The van der Waals surface area contributed by atoms with Crippen LogP contribution in [-0.4, -0.2) is 69.4 Å². The average molecular weight is 1170 g/mol. The van der Waals surface area contributed by atoms with E-state index in [1.165, 1.54) is 199 Å². The fourth-order valence-corrected chi connectivity index (χ4v) is 10.7. The van der Waals surface area contributed by atoms with Crippen LogP contribution in [0.5, 0.6) is 0 Å². The van der Waals surface area contributed by atoms with Gasteiger partial charge in [0.15, 0.2) is 0 Å². The normalized spacial score (nSPS) is 14.0. The average Bonchev–Trinajstić information content (AvgIpc) is 3.44. The van der Waals surface area contributed by atoms with Crippen molar-refractivity contribution in [1.29, 1.82) is 0 Å². The number of unbranched alkanes of at least 4 members (excludes halogenated alkanes) is 37. The standard InChI is InChI=1S/C72H133N2O7P/c1-7-10-13-16-19-22-25-28-30-32-33-34-35-36-37-38-39-40-41-43-45-47-50-53-56-59-62-65-72(76)81-70(63-60-57-54-51-48-27-24-21-18-15-12-9-3)69(68-80-82(77,78)79-67-66-74(4,5)6)73-71(75)64-61-58-55-52-49-46-44-42-31-29-26-23-20-17-14-11-8-2/h19-20,22-23,28-31,33-34,60,63,69-70H,7-18,21,24-27,32,35-59,61-62,64-68H2,1-6H3,(H-,73,75,77,78)/b22-19-,23-20-,30-28-,31-29-,34-33-,63-60-. The smallest absolute Gasteiger partial charge is 0.306 e. The number of ether oxygens (including phenoxy) is 1. The molecule has 0 bridgehead atoms. The molecule has 82 heavy (non-hydrogen) atoms. The van der Waals surface area contributed by atoms with Gasteiger partial charge in [-0.05, 0) is 102 Å². The Balaban J connectivity index is 5.04. The van der Waals surface area contributed by atoms with Crippen molar-refractivity contribution in [2.75, 3.05) is 40.9 Å². The fraction of sp³-hybridized carbons (Fsp3) is 0.806. The molecular weight excluding hydrogens is 1040 g/mol. The van der Waals surface area contributed by atoms with Gasteiger partial charge in [-0.15, -0.1) is 0 Å². The van der Waals surface area contributed by atoms with Gasteiger partial charge in [-0.1, -0.05) is 280 Å². The van der Waals surface area contributed by atoms with E-state index in [2.05, 4.69) is 86.8 Å². The van der Waals surface area contributed by atoms with Gasteiger partial charge in [-0.3, -0.25) is 14.2 Å². The number of rotatable bonds is 63. The summed E-state index contributed by atoms with van der Waals surface area (Å²) < 4.78 is 30.4. The molecule has 0 heterocycles. The van der Waals surface area contributed by atoms with Crippen molar-refractivity contribution in [2.24, 2.45) is 0 Å². The maximum Gasteiger partial charge on any atom is 0.306 e. The molecule has 0 saturated carbocycles. The number of phosphoric acid groups is 1. The Morgan fingerprint density at radius 2 is 0.744 bits per heavy atom.